The van der Waals surface area contributed by atoms with Crippen molar-refractivity contribution in [3.05, 3.63) is 30.5 Å². The number of piperidine rings is 1. The first-order chi connectivity index (χ1) is 13.3. The van der Waals surface area contributed by atoms with Crippen LogP contribution in [0.15, 0.2) is 35.4 Å². The smallest absolute Gasteiger partial charge is 0.242 e. The van der Waals surface area contributed by atoms with Crippen molar-refractivity contribution in [2.75, 3.05) is 18.8 Å². The summed E-state index contributed by atoms with van der Waals surface area (Å²) in [4.78, 5) is 26.6. The standard InChI is InChI=1S/C20H27N3O4S/c1-15(2)21-19(24)14-28(26,27)18-12-23(17-9-5-4-8-16(17)18)13-20(25)22-10-6-3-7-11-22/h4-5,8-9,12,15H,3,6-7,10-11,13-14H2,1-2H3,(H,21,24). The maximum absolute atomic E-state index is 12.9. The van der Waals surface area contributed by atoms with Crippen molar-refractivity contribution in [1.29, 1.82) is 0 Å². The van der Waals surface area contributed by atoms with Crippen LogP contribution in [-0.2, 0) is 26.0 Å². The molecule has 0 unspecified atom stereocenters. The molecular weight excluding hydrogens is 378 g/mol. The Kier molecular flexibility index (Phi) is 6.07. The minimum Gasteiger partial charge on any atom is -0.353 e. The number of hydrogen-bond acceptors (Lipinski definition) is 4. The summed E-state index contributed by atoms with van der Waals surface area (Å²) in [5.74, 6) is -1.16. The molecule has 2 amide bonds. The lowest BCUT2D eigenvalue weighted by Gasteiger charge is -2.27. The van der Waals surface area contributed by atoms with Gasteiger partial charge in [0.2, 0.25) is 11.8 Å². The molecule has 7 nitrogen and oxygen atoms in total. The van der Waals surface area contributed by atoms with Crippen molar-refractivity contribution in [2.24, 2.45) is 0 Å². The molecule has 0 spiro atoms. The van der Waals surface area contributed by atoms with Crippen LogP contribution in [0.1, 0.15) is 33.1 Å². The highest BCUT2D eigenvalue weighted by molar-refractivity contribution is 7.92. The summed E-state index contributed by atoms with van der Waals surface area (Å²) in [6, 6.07) is 6.95. The maximum Gasteiger partial charge on any atom is 0.242 e. The second-order valence-electron chi connectivity index (χ2n) is 7.56. The number of para-hydroxylation sites is 1. The predicted octanol–water partition coefficient (Wildman–Crippen LogP) is 1.95. The molecule has 2 aromatic rings. The minimum absolute atomic E-state index is 0.0121. The molecule has 1 N–H and O–H groups in total. The third-order valence-corrected chi connectivity index (χ3v) is 6.51. The van der Waals surface area contributed by atoms with Gasteiger partial charge < -0.3 is 14.8 Å². The van der Waals surface area contributed by atoms with E-state index in [0.717, 1.165) is 32.4 Å². The summed E-state index contributed by atoms with van der Waals surface area (Å²) < 4.78 is 27.4. The summed E-state index contributed by atoms with van der Waals surface area (Å²) in [7, 11) is -3.83. The van der Waals surface area contributed by atoms with Gasteiger partial charge in [0.15, 0.2) is 9.84 Å². The van der Waals surface area contributed by atoms with Gasteiger partial charge in [-0.15, -0.1) is 0 Å². The molecule has 0 atom stereocenters. The number of nitrogens with zero attached hydrogens (tertiary/aromatic N) is 2. The molecule has 0 saturated carbocycles. The molecule has 0 bridgehead atoms. The fraction of sp³-hybridized carbons (Fsp3) is 0.500. The molecule has 28 heavy (non-hydrogen) atoms. The molecule has 1 aromatic heterocycles. The number of carbonyl (C=O) groups is 2. The van der Waals surface area contributed by atoms with Gasteiger partial charge in [0, 0.05) is 36.2 Å². The fourth-order valence-corrected chi connectivity index (χ4v) is 4.97. The number of hydrogen-bond donors (Lipinski definition) is 1. The van der Waals surface area contributed by atoms with Crippen LogP contribution in [0.3, 0.4) is 0 Å². The molecule has 1 saturated heterocycles. The first-order valence-corrected chi connectivity index (χ1v) is 11.3. The quantitative estimate of drug-likeness (QED) is 0.796. The van der Waals surface area contributed by atoms with Gasteiger partial charge in [0.05, 0.1) is 4.90 Å². The summed E-state index contributed by atoms with van der Waals surface area (Å²) in [6.45, 7) is 5.15. The second-order valence-corrected chi connectivity index (χ2v) is 9.52. The summed E-state index contributed by atoms with van der Waals surface area (Å²) in [6.07, 6.45) is 4.63. The van der Waals surface area contributed by atoms with Crippen LogP contribution < -0.4 is 5.32 Å². The Morgan fingerprint density at radius 2 is 1.79 bits per heavy atom. The van der Waals surface area contributed by atoms with Crippen LogP contribution in [0.2, 0.25) is 0 Å². The molecule has 1 aliphatic rings. The molecule has 0 aliphatic carbocycles. The van der Waals surface area contributed by atoms with Crippen molar-refractivity contribution in [2.45, 2.75) is 50.6 Å². The van der Waals surface area contributed by atoms with Crippen LogP contribution in [0.25, 0.3) is 10.9 Å². The number of nitrogens with one attached hydrogen (secondary N) is 1. The Balaban J connectivity index is 1.90. The van der Waals surface area contributed by atoms with Gasteiger partial charge >= 0.3 is 0 Å². The Bertz CT molecular complexity index is 972. The lowest BCUT2D eigenvalue weighted by molar-refractivity contribution is -0.132. The van der Waals surface area contributed by atoms with Gasteiger partial charge in [-0.25, -0.2) is 8.42 Å². The van der Waals surface area contributed by atoms with Gasteiger partial charge in [0.1, 0.15) is 12.3 Å². The molecule has 152 valence electrons. The van der Waals surface area contributed by atoms with E-state index in [-0.39, 0.29) is 23.4 Å². The zero-order valence-electron chi connectivity index (χ0n) is 16.3. The van der Waals surface area contributed by atoms with Crippen LogP contribution in [0.4, 0.5) is 0 Å². The number of likely N-dealkylation sites (tertiary alicyclic amines) is 1. The lowest BCUT2D eigenvalue weighted by Crippen LogP contribution is -2.37. The molecule has 8 heteroatoms. The van der Waals surface area contributed by atoms with Crippen LogP contribution in [0.5, 0.6) is 0 Å². The number of aromatic nitrogens is 1. The van der Waals surface area contributed by atoms with E-state index >= 15 is 0 Å². The van der Waals surface area contributed by atoms with E-state index in [2.05, 4.69) is 5.32 Å². The molecule has 3 rings (SSSR count). The number of benzene rings is 1. The van der Waals surface area contributed by atoms with E-state index < -0.39 is 21.5 Å². The van der Waals surface area contributed by atoms with Gasteiger partial charge in [-0.3, -0.25) is 9.59 Å². The van der Waals surface area contributed by atoms with Gasteiger partial charge in [-0.2, -0.15) is 0 Å². The third-order valence-electron chi connectivity index (χ3n) is 4.87. The zero-order chi connectivity index (χ0) is 20.3. The first kappa shape index (κ1) is 20.4. The van der Waals surface area contributed by atoms with E-state index in [9.17, 15) is 18.0 Å². The highest BCUT2D eigenvalue weighted by Gasteiger charge is 2.26. The predicted molar refractivity (Wildman–Crippen MR) is 108 cm³/mol. The third kappa shape index (κ3) is 4.55. The summed E-state index contributed by atoms with van der Waals surface area (Å²) >= 11 is 0. The van der Waals surface area contributed by atoms with Crippen molar-refractivity contribution in [1.82, 2.24) is 14.8 Å². The monoisotopic (exact) mass is 405 g/mol. The molecule has 1 aromatic carbocycles. The van der Waals surface area contributed by atoms with Gasteiger partial charge in [-0.1, -0.05) is 18.2 Å². The largest absolute Gasteiger partial charge is 0.353 e. The highest BCUT2D eigenvalue weighted by atomic mass is 32.2. The van der Waals surface area contributed by atoms with Crippen molar-refractivity contribution >= 4 is 32.6 Å². The van der Waals surface area contributed by atoms with E-state index in [4.69, 9.17) is 0 Å². The summed E-state index contributed by atoms with van der Waals surface area (Å²) in [5.41, 5.74) is 0.677. The van der Waals surface area contributed by atoms with Crippen molar-refractivity contribution < 1.29 is 18.0 Å². The number of fused-ring (bicyclic) bond motifs is 1. The van der Waals surface area contributed by atoms with Gasteiger partial charge in [-0.05, 0) is 39.2 Å². The number of amides is 2. The highest BCUT2D eigenvalue weighted by Crippen LogP contribution is 2.26. The van der Waals surface area contributed by atoms with Gasteiger partial charge in [0.25, 0.3) is 0 Å². The average molecular weight is 406 g/mol. The molecule has 2 heterocycles. The van der Waals surface area contributed by atoms with Crippen LogP contribution in [-0.4, -0.2) is 54.6 Å². The number of carbonyl (C=O) groups excluding carboxylic acids is 2. The van der Waals surface area contributed by atoms with Crippen molar-refractivity contribution in [3.63, 3.8) is 0 Å². The van der Waals surface area contributed by atoms with E-state index in [1.54, 1.807) is 36.6 Å². The minimum atomic E-state index is -3.83. The van der Waals surface area contributed by atoms with Crippen LogP contribution >= 0.6 is 0 Å². The number of sulfone groups is 1. The molecule has 0 radical (unpaired) electrons. The second kappa shape index (κ2) is 8.34. The Morgan fingerprint density at radius 1 is 1.11 bits per heavy atom. The van der Waals surface area contributed by atoms with E-state index in [0.29, 0.717) is 10.9 Å². The molecule has 1 aliphatic heterocycles. The Hall–Kier alpha value is -2.35. The Morgan fingerprint density at radius 3 is 2.46 bits per heavy atom. The zero-order valence-corrected chi connectivity index (χ0v) is 17.2. The number of rotatable bonds is 6. The Labute approximate surface area is 165 Å². The maximum atomic E-state index is 12.9. The lowest BCUT2D eigenvalue weighted by atomic mass is 10.1. The fourth-order valence-electron chi connectivity index (χ4n) is 3.59. The van der Waals surface area contributed by atoms with Crippen molar-refractivity contribution in [3.8, 4) is 0 Å². The molecular formula is C20H27N3O4S. The van der Waals surface area contributed by atoms with E-state index in [1.165, 1.54) is 6.20 Å². The van der Waals surface area contributed by atoms with Crippen LogP contribution in [0, 0.1) is 0 Å². The SMILES string of the molecule is CC(C)NC(=O)CS(=O)(=O)c1cn(CC(=O)N2CCCCC2)c2ccccc12. The van der Waals surface area contributed by atoms with E-state index in [1.807, 2.05) is 11.0 Å². The normalized spacial score (nSPS) is 15.2. The average Bonchev–Trinajstić information content (AvgIpc) is 3.01. The topological polar surface area (TPSA) is 88.5 Å². The summed E-state index contributed by atoms with van der Waals surface area (Å²) in [5, 5.41) is 3.15. The molecule has 1 fully saturated rings. The first-order valence-electron chi connectivity index (χ1n) is 9.65.